The molecule has 16 heavy (non-hydrogen) atoms. The Labute approximate surface area is 103 Å². The average Bonchev–Trinajstić information content (AvgIpc) is 2.25. The van der Waals surface area contributed by atoms with Gasteiger partial charge in [-0.15, -0.1) is 0 Å². The molecule has 0 N–H and O–H groups in total. The second kappa shape index (κ2) is 5.64. The SMILES string of the molecule is CCCC(O[Si])c1ccccc1C(C)(C)C. The first kappa shape index (κ1) is 13.5. The Balaban J connectivity index is 3.11. The molecule has 1 aromatic carbocycles. The molecule has 1 aromatic rings. The summed E-state index contributed by atoms with van der Waals surface area (Å²) in [5.41, 5.74) is 2.83. The van der Waals surface area contributed by atoms with Gasteiger partial charge in [0.2, 0.25) is 10.5 Å². The third kappa shape index (κ3) is 3.19. The van der Waals surface area contributed by atoms with E-state index >= 15 is 0 Å². The second-order valence-corrected chi connectivity index (χ2v) is 5.47. The molecule has 0 saturated carbocycles. The number of hydrogen-bond acceptors (Lipinski definition) is 1. The Morgan fingerprint density at radius 3 is 2.38 bits per heavy atom. The fourth-order valence-electron chi connectivity index (χ4n) is 2.00. The minimum atomic E-state index is 0.150. The molecule has 0 aromatic heterocycles. The second-order valence-electron chi connectivity index (χ2n) is 5.23. The van der Waals surface area contributed by atoms with Crippen LogP contribution in [0.4, 0.5) is 0 Å². The van der Waals surface area contributed by atoms with Gasteiger partial charge in [-0.3, -0.25) is 0 Å². The molecule has 1 atom stereocenters. The summed E-state index contributed by atoms with van der Waals surface area (Å²) in [7, 11) is 3.20. The van der Waals surface area contributed by atoms with Gasteiger partial charge < -0.3 is 4.43 Å². The lowest BCUT2D eigenvalue weighted by Gasteiger charge is -2.27. The fraction of sp³-hybridized carbons (Fsp3) is 0.571. The molecule has 0 aliphatic rings. The smallest absolute Gasteiger partial charge is 0.247 e. The molecule has 1 unspecified atom stereocenters. The van der Waals surface area contributed by atoms with Gasteiger partial charge in [-0.25, -0.2) is 0 Å². The van der Waals surface area contributed by atoms with E-state index in [4.69, 9.17) is 4.43 Å². The van der Waals surface area contributed by atoms with E-state index in [1.165, 1.54) is 11.1 Å². The third-order valence-electron chi connectivity index (χ3n) is 2.81. The predicted octanol–water partition coefficient (Wildman–Crippen LogP) is 3.93. The van der Waals surface area contributed by atoms with Gasteiger partial charge in [0.25, 0.3) is 0 Å². The number of benzene rings is 1. The van der Waals surface area contributed by atoms with E-state index in [9.17, 15) is 0 Å². The van der Waals surface area contributed by atoms with Crippen LogP contribution < -0.4 is 0 Å². The van der Waals surface area contributed by atoms with Gasteiger partial charge in [-0.2, -0.15) is 0 Å². The lowest BCUT2D eigenvalue weighted by molar-refractivity contribution is 0.211. The number of hydrogen-bond donors (Lipinski definition) is 0. The van der Waals surface area contributed by atoms with Crippen molar-refractivity contribution in [3.05, 3.63) is 35.4 Å². The van der Waals surface area contributed by atoms with Crippen molar-refractivity contribution in [2.45, 2.75) is 52.1 Å². The summed E-state index contributed by atoms with van der Waals surface area (Å²) in [5.74, 6) is 0. The Morgan fingerprint density at radius 1 is 1.25 bits per heavy atom. The van der Waals surface area contributed by atoms with E-state index in [-0.39, 0.29) is 11.5 Å². The maximum atomic E-state index is 5.42. The predicted molar refractivity (Wildman–Crippen MR) is 69.6 cm³/mol. The largest absolute Gasteiger partial charge is 0.412 e. The molecular weight excluding hydrogens is 212 g/mol. The van der Waals surface area contributed by atoms with E-state index in [0.717, 1.165) is 12.8 Å². The first-order valence-corrected chi connectivity index (χ1v) is 6.33. The van der Waals surface area contributed by atoms with Crippen LogP contribution in [0.25, 0.3) is 0 Å². The van der Waals surface area contributed by atoms with Gasteiger partial charge in [-0.05, 0) is 23.0 Å². The van der Waals surface area contributed by atoms with Crippen molar-refractivity contribution >= 4 is 10.5 Å². The molecular formula is C14H21OSi. The topological polar surface area (TPSA) is 9.23 Å². The van der Waals surface area contributed by atoms with E-state index in [1.807, 2.05) is 0 Å². The van der Waals surface area contributed by atoms with Gasteiger partial charge in [0.15, 0.2) is 0 Å². The maximum Gasteiger partial charge on any atom is 0.247 e. The van der Waals surface area contributed by atoms with Crippen molar-refractivity contribution in [3.63, 3.8) is 0 Å². The van der Waals surface area contributed by atoms with Gasteiger partial charge >= 0.3 is 0 Å². The van der Waals surface area contributed by atoms with Gasteiger partial charge in [0.1, 0.15) is 0 Å². The third-order valence-corrected chi connectivity index (χ3v) is 3.09. The normalized spacial score (nSPS) is 13.8. The molecule has 87 valence electrons. The number of rotatable bonds is 4. The summed E-state index contributed by atoms with van der Waals surface area (Å²) < 4.78 is 5.42. The molecule has 1 nitrogen and oxygen atoms in total. The summed E-state index contributed by atoms with van der Waals surface area (Å²) in [4.78, 5) is 0. The summed E-state index contributed by atoms with van der Waals surface area (Å²) in [6.07, 6.45) is 2.31. The fourth-order valence-corrected chi connectivity index (χ4v) is 2.25. The van der Waals surface area contributed by atoms with Crippen LogP contribution in [0.5, 0.6) is 0 Å². The maximum absolute atomic E-state index is 5.42. The van der Waals surface area contributed by atoms with Gasteiger partial charge in [0, 0.05) is 0 Å². The highest BCUT2D eigenvalue weighted by Crippen LogP contribution is 2.32. The van der Waals surface area contributed by atoms with Crippen LogP contribution in [0.3, 0.4) is 0 Å². The molecule has 1 rings (SSSR count). The highest BCUT2D eigenvalue weighted by molar-refractivity contribution is 5.98. The van der Waals surface area contributed by atoms with Crippen LogP contribution in [-0.2, 0) is 9.84 Å². The Morgan fingerprint density at radius 2 is 1.88 bits per heavy atom. The molecule has 0 amide bonds. The van der Waals surface area contributed by atoms with E-state index in [0.29, 0.717) is 0 Å². The van der Waals surface area contributed by atoms with E-state index in [2.05, 4.69) is 62.4 Å². The van der Waals surface area contributed by atoms with Crippen LogP contribution in [0.1, 0.15) is 57.8 Å². The van der Waals surface area contributed by atoms with Crippen LogP contribution in [0.15, 0.2) is 24.3 Å². The van der Waals surface area contributed by atoms with E-state index in [1.54, 1.807) is 0 Å². The van der Waals surface area contributed by atoms with Crippen molar-refractivity contribution in [2.75, 3.05) is 0 Å². The summed E-state index contributed by atoms with van der Waals surface area (Å²) in [5, 5.41) is 0. The highest BCUT2D eigenvalue weighted by Gasteiger charge is 2.21. The first-order chi connectivity index (χ1) is 7.50. The van der Waals surface area contributed by atoms with Crippen LogP contribution >= 0.6 is 0 Å². The standard InChI is InChI=1S/C14H21OSi/c1-5-8-13(15-16)11-9-6-7-10-12(11)14(2,3)4/h6-7,9-10,13H,5,8H2,1-4H3. The first-order valence-electron chi connectivity index (χ1n) is 5.92. The van der Waals surface area contributed by atoms with Crippen molar-refractivity contribution in [3.8, 4) is 0 Å². The van der Waals surface area contributed by atoms with Crippen molar-refractivity contribution < 1.29 is 4.43 Å². The van der Waals surface area contributed by atoms with Gasteiger partial charge in [0.05, 0.1) is 6.10 Å². The zero-order valence-corrected chi connectivity index (χ0v) is 11.7. The van der Waals surface area contributed by atoms with E-state index < -0.39 is 0 Å². The van der Waals surface area contributed by atoms with Crippen molar-refractivity contribution in [2.24, 2.45) is 0 Å². The minimum absolute atomic E-state index is 0.150. The molecule has 0 aliphatic heterocycles. The van der Waals surface area contributed by atoms with Crippen molar-refractivity contribution in [1.29, 1.82) is 0 Å². The van der Waals surface area contributed by atoms with Crippen LogP contribution in [-0.4, -0.2) is 10.5 Å². The quantitative estimate of drug-likeness (QED) is 0.716. The zero-order valence-electron chi connectivity index (χ0n) is 10.7. The molecule has 0 spiro atoms. The van der Waals surface area contributed by atoms with Gasteiger partial charge in [-0.1, -0.05) is 58.4 Å². The lowest BCUT2D eigenvalue weighted by atomic mass is 9.82. The molecule has 0 fully saturated rings. The Kier molecular flexibility index (Phi) is 4.75. The summed E-state index contributed by atoms with van der Waals surface area (Å²) in [6, 6.07) is 8.55. The molecule has 0 bridgehead atoms. The average molecular weight is 233 g/mol. The summed E-state index contributed by atoms with van der Waals surface area (Å²) >= 11 is 0. The monoisotopic (exact) mass is 233 g/mol. The van der Waals surface area contributed by atoms with Crippen LogP contribution in [0.2, 0.25) is 0 Å². The Hall–Kier alpha value is -0.603. The zero-order chi connectivity index (χ0) is 12.2. The summed E-state index contributed by atoms with van der Waals surface area (Å²) in [6.45, 7) is 8.89. The Bertz CT molecular complexity index is 328. The van der Waals surface area contributed by atoms with Crippen molar-refractivity contribution in [1.82, 2.24) is 0 Å². The molecule has 0 heterocycles. The molecule has 0 aliphatic carbocycles. The molecule has 2 heteroatoms. The minimum Gasteiger partial charge on any atom is -0.412 e. The van der Waals surface area contributed by atoms with Crippen LogP contribution in [0, 0.1) is 0 Å². The highest BCUT2D eigenvalue weighted by atomic mass is 28.2. The molecule has 0 saturated heterocycles. The molecule has 3 radical (unpaired) electrons. The lowest BCUT2D eigenvalue weighted by Crippen LogP contribution is -2.17.